The van der Waals surface area contributed by atoms with Gasteiger partial charge in [-0.15, -0.1) is 11.3 Å². The van der Waals surface area contributed by atoms with Crippen molar-refractivity contribution in [1.29, 1.82) is 0 Å². The molecule has 11 heteroatoms. The molecule has 162 valence electrons. The van der Waals surface area contributed by atoms with Gasteiger partial charge in [-0.3, -0.25) is 14.9 Å². The smallest absolute Gasteiger partial charge is 0.309 e. The molecule has 0 radical (unpaired) electrons. The van der Waals surface area contributed by atoms with Gasteiger partial charge in [-0.05, 0) is 26.0 Å². The predicted molar refractivity (Wildman–Crippen MR) is 113 cm³/mol. The van der Waals surface area contributed by atoms with E-state index in [9.17, 15) is 14.0 Å². The second-order valence-electron chi connectivity index (χ2n) is 6.57. The van der Waals surface area contributed by atoms with Crippen LogP contribution < -0.4 is 14.8 Å². The van der Waals surface area contributed by atoms with Gasteiger partial charge in [0.1, 0.15) is 11.6 Å². The number of pyridine rings is 1. The number of aromatic nitrogens is 2. The zero-order valence-corrected chi connectivity index (χ0v) is 18.0. The van der Waals surface area contributed by atoms with Crippen molar-refractivity contribution in [1.82, 2.24) is 9.97 Å². The molecule has 1 amide bonds. The molecule has 1 aromatic carbocycles. The van der Waals surface area contributed by atoms with Crippen LogP contribution in [-0.2, 0) is 11.2 Å². The number of carbonyl (C=O) groups excluding carboxylic acids is 1. The SMILES string of the molecule is CC(C)Oc1cc(C(=O)Nc2nc(CC(=O)O)cs2)cc(Oc2cc(F)cc(Cl)c2)n1. The molecule has 8 nitrogen and oxygen atoms in total. The highest BCUT2D eigenvalue weighted by atomic mass is 35.5. The molecule has 3 rings (SSSR count). The summed E-state index contributed by atoms with van der Waals surface area (Å²) in [7, 11) is 0. The monoisotopic (exact) mass is 465 g/mol. The van der Waals surface area contributed by atoms with Crippen LogP contribution in [0.1, 0.15) is 29.9 Å². The second kappa shape index (κ2) is 9.71. The summed E-state index contributed by atoms with van der Waals surface area (Å²) >= 11 is 6.95. The summed E-state index contributed by atoms with van der Waals surface area (Å²) in [5, 5.41) is 13.4. The number of carbonyl (C=O) groups is 2. The van der Waals surface area contributed by atoms with Crippen LogP contribution in [0.3, 0.4) is 0 Å². The first kappa shape index (κ1) is 22.4. The molecule has 0 aliphatic carbocycles. The number of nitrogens with zero attached hydrogens (tertiary/aromatic N) is 2. The average Bonchev–Trinajstić information content (AvgIpc) is 3.06. The van der Waals surface area contributed by atoms with Crippen LogP contribution in [0.15, 0.2) is 35.7 Å². The van der Waals surface area contributed by atoms with Gasteiger partial charge >= 0.3 is 5.97 Å². The topological polar surface area (TPSA) is 111 Å². The second-order valence-corrected chi connectivity index (χ2v) is 7.87. The number of rotatable bonds is 8. The largest absolute Gasteiger partial charge is 0.481 e. The lowest BCUT2D eigenvalue weighted by Crippen LogP contribution is -2.14. The number of amides is 1. The predicted octanol–water partition coefficient (Wildman–Crippen LogP) is 4.79. The molecule has 2 aromatic heterocycles. The van der Waals surface area contributed by atoms with Crippen LogP contribution in [0.5, 0.6) is 17.5 Å². The molecule has 3 aromatic rings. The lowest BCUT2D eigenvalue weighted by Gasteiger charge is -2.13. The molecular formula is C20H17ClFN3O5S. The molecule has 0 saturated carbocycles. The Hall–Kier alpha value is -3.24. The van der Waals surface area contributed by atoms with Gasteiger partial charge in [0.2, 0.25) is 11.8 Å². The molecular weight excluding hydrogens is 449 g/mol. The van der Waals surface area contributed by atoms with E-state index in [1.165, 1.54) is 18.2 Å². The number of halogens is 2. The Bertz CT molecular complexity index is 1100. The summed E-state index contributed by atoms with van der Waals surface area (Å²) in [6, 6.07) is 6.44. The Morgan fingerprint density at radius 3 is 2.61 bits per heavy atom. The minimum Gasteiger partial charge on any atom is -0.481 e. The van der Waals surface area contributed by atoms with E-state index in [1.54, 1.807) is 19.2 Å². The number of carboxylic acids is 1. The Morgan fingerprint density at radius 1 is 1.19 bits per heavy atom. The summed E-state index contributed by atoms with van der Waals surface area (Å²) in [4.78, 5) is 31.8. The van der Waals surface area contributed by atoms with E-state index in [-0.39, 0.29) is 45.8 Å². The van der Waals surface area contributed by atoms with Gasteiger partial charge in [0.05, 0.1) is 23.8 Å². The number of aliphatic carboxylic acids is 1. The normalized spacial score (nSPS) is 10.7. The first-order valence-electron chi connectivity index (χ1n) is 8.98. The Balaban J connectivity index is 1.85. The maximum atomic E-state index is 13.6. The average molecular weight is 466 g/mol. The minimum atomic E-state index is -1.02. The number of benzene rings is 1. The number of hydrogen-bond donors (Lipinski definition) is 2. The van der Waals surface area contributed by atoms with E-state index >= 15 is 0 Å². The summed E-state index contributed by atoms with van der Waals surface area (Å²) < 4.78 is 24.8. The number of anilines is 1. The third-order valence-corrected chi connectivity index (χ3v) is 4.58. The maximum absolute atomic E-state index is 13.6. The van der Waals surface area contributed by atoms with Gasteiger partial charge in [-0.2, -0.15) is 4.98 Å². The first-order valence-corrected chi connectivity index (χ1v) is 10.2. The van der Waals surface area contributed by atoms with Crippen LogP contribution in [0.25, 0.3) is 0 Å². The number of nitrogens with one attached hydrogen (secondary N) is 1. The molecule has 0 fully saturated rings. The number of carboxylic acid groups (broad SMARTS) is 1. The van der Waals surface area contributed by atoms with E-state index in [0.717, 1.165) is 23.5 Å². The van der Waals surface area contributed by atoms with Crippen molar-refractivity contribution in [2.45, 2.75) is 26.4 Å². The Morgan fingerprint density at radius 2 is 1.94 bits per heavy atom. The van der Waals surface area contributed by atoms with Crippen LogP contribution in [0.2, 0.25) is 5.02 Å². The van der Waals surface area contributed by atoms with E-state index in [4.69, 9.17) is 26.2 Å². The molecule has 0 spiro atoms. The highest BCUT2D eigenvalue weighted by molar-refractivity contribution is 7.14. The number of ether oxygens (including phenoxy) is 2. The van der Waals surface area contributed by atoms with Gasteiger partial charge in [0.15, 0.2) is 5.13 Å². The molecule has 0 aliphatic rings. The van der Waals surface area contributed by atoms with Gasteiger partial charge in [-0.25, -0.2) is 9.37 Å². The van der Waals surface area contributed by atoms with Crippen molar-refractivity contribution >= 4 is 39.9 Å². The molecule has 2 heterocycles. The van der Waals surface area contributed by atoms with Crippen molar-refractivity contribution in [2.24, 2.45) is 0 Å². The zero-order chi connectivity index (χ0) is 22.5. The number of thiazole rings is 1. The van der Waals surface area contributed by atoms with E-state index < -0.39 is 17.7 Å². The van der Waals surface area contributed by atoms with Gasteiger partial charge in [-0.1, -0.05) is 11.6 Å². The molecule has 0 bridgehead atoms. The molecule has 0 atom stereocenters. The van der Waals surface area contributed by atoms with Gasteiger partial charge < -0.3 is 14.6 Å². The van der Waals surface area contributed by atoms with E-state index in [0.29, 0.717) is 5.69 Å². The van der Waals surface area contributed by atoms with Crippen LogP contribution in [0.4, 0.5) is 9.52 Å². The molecule has 31 heavy (non-hydrogen) atoms. The fraction of sp³-hybridized carbons (Fsp3) is 0.200. The van der Waals surface area contributed by atoms with Crippen molar-refractivity contribution in [3.05, 3.63) is 57.8 Å². The minimum absolute atomic E-state index is 0.00401. The lowest BCUT2D eigenvalue weighted by molar-refractivity contribution is -0.136. The lowest BCUT2D eigenvalue weighted by atomic mass is 10.2. The number of hydrogen-bond acceptors (Lipinski definition) is 7. The van der Waals surface area contributed by atoms with E-state index in [2.05, 4.69) is 15.3 Å². The summed E-state index contributed by atoms with van der Waals surface area (Å²) in [6.07, 6.45) is -0.470. The maximum Gasteiger partial charge on any atom is 0.309 e. The van der Waals surface area contributed by atoms with Gasteiger partial charge in [0.25, 0.3) is 5.91 Å². The molecule has 0 saturated heterocycles. The molecule has 0 aliphatic heterocycles. The highest BCUT2D eigenvalue weighted by Gasteiger charge is 2.16. The molecule has 0 unspecified atom stereocenters. The standard InChI is InChI=1S/C20H17ClFN3O5S/c1-10(2)29-16-3-11(19(28)25-20-23-14(9-31-20)8-18(26)27)4-17(24-16)30-15-6-12(21)5-13(22)7-15/h3-7,9-10H,8H2,1-2H3,(H,26,27)(H,23,25,28). The highest BCUT2D eigenvalue weighted by Crippen LogP contribution is 2.28. The Labute approximate surface area is 185 Å². The fourth-order valence-corrected chi connectivity index (χ4v) is 3.36. The van der Waals surface area contributed by atoms with Crippen LogP contribution in [-0.4, -0.2) is 33.1 Å². The van der Waals surface area contributed by atoms with Crippen molar-refractivity contribution in [3.63, 3.8) is 0 Å². The summed E-state index contributed by atoms with van der Waals surface area (Å²) in [6.45, 7) is 3.59. The third-order valence-electron chi connectivity index (χ3n) is 3.56. The molecule has 2 N–H and O–H groups in total. The first-order chi connectivity index (χ1) is 14.7. The Kier molecular flexibility index (Phi) is 7.03. The summed E-state index contributed by atoms with van der Waals surface area (Å²) in [5.74, 6) is -1.91. The van der Waals surface area contributed by atoms with Crippen LogP contribution >= 0.6 is 22.9 Å². The third kappa shape index (κ3) is 6.63. The summed E-state index contributed by atoms with van der Waals surface area (Å²) in [5.41, 5.74) is 0.483. The zero-order valence-electron chi connectivity index (χ0n) is 16.4. The van der Waals surface area contributed by atoms with Crippen molar-refractivity contribution in [2.75, 3.05) is 5.32 Å². The van der Waals surface area contributed by atoms with Gasteiger partial charge in [0, 0.05) is 28.6 Å². The quantitative estimate of drug-likeness (QED) is 0.492. The van der Waals surface area contributed by atoms with Crippen LogP contribution in [0, 0.1) is 5.82 Å². The van der Waals surface area contributed by atoms with E-state index in [1.807, 2.05) is 0 Å². The fourth-order valence-electron chi connectivity index (χ4n) is 2.44. The van der Waals surface area contributed by atoms with Crippen molar-refractivity contribution < 1.29 is 28.6 Å². The van der Waals surface area contributed by atoms with Crippen molar-refractivity contribution in [3.8, 4) is 17.5 Å².